The van der Waals surface area contributed by atoms with E-state index in [0.29, 0.717) is 0 Å². The molecule has 0 saturated heterocycles. The van der Waals surface area contributed by atoms with Crippen LogP contribution < -0.4 is 0 Å². The molecule has 162 valence electrons. The minimum atomic E-state index is -0.170. The quantitative estimate of drug-likeness (QED) is 0.466. The Morgan fingerprint density at radius 1 is 0.933 bits per heavy atom. The Balaban J connectivity index is 1.91. The third-order valence-electron chi connectivity index (χ3n) is 6.19. The molecule has 3 rings (SSSR count). The second-order valence-electron chi connectivity index (χ2n) is 8.69. The average Bonchev–Trinajstić information content (AvgIpc) is 2.76. The van der Waals surface area contributed by atoms with Crippen molar-refractivity contribution in [2.75, 3.05) is 27.2 Å². The van der Waals surface area contributed by atoms with Crippen LogP contribution in [-0.2, 0) is 16.1 Å². The number of nitrogens with zero attached hydrogens (tertiary/aromatic N) is 2. The van der Waals surface area contributed by atoms with Crippen LogP contribution >= 0.6 is 11.8 Å². The van der Waals surface area contributed by atoms with Crippen molar-refractivity contribution in [3.63, 3.8) is 0 Å². The number of carbonyl (C=O) groups is 1. The molecule has 0 spiro atoms. The highest BCUT2D eigenvalue weighted by Gasteiger charge is 2.42. The Morgan fingerprint density at radius 2 is 1.60 bits per heavy atom. The fourth-order valence-corrected chi connectivity index (χ4v) is 5.85. The summed E-state index contributed by atoms with van der Waals surface area (Å²) in [5.74, 6) is 1.16. The Hall–Kier alpha value is -1.78. The van der Waals surface area contributed by atoms with Gasteiger partial charge in [-0.25, -0.2) is 0 Å². The van der Waals surface area contributed by atoms with E-state index in [0.717, 1.165) is 38.1 Å². The number of hydrogen-bond donors (Lipinski definition) is 0. The van der Waals surface area contributed by atoms with Gasteiger partial charge in [-0.3, -0.25) is 4.79 Å². The lowest BCUT2D eigenvalue weighted by Gasteiger charge is -2.47. The van der Waals surface area contributed by atoms with Gasteiger partial charge in [-0.15, -0.1) is 11.8 Å². The van der Waals surface area contributed by atoms with Crippen LogP contribution in [0.25, 0.3) is 0 Å². The van der Waals surface area contributed by atoms with E-state index in [9.17, 15) is 4.79 Å². The smallest absolute Gasteiger partial charge is 0.220 e. The van der Waals surface area contributed by atoms with E-state index in [1.165, 1.54) is 35.3 Å². The highest BCUT2D eigenvalue weighted by Crippen LogP contribution is 2.46. The van der Waals surface area contributed by atoms with Gasteiger partial charge in [-0.2, -0.15) is 0 Å². The zero-order valence-corrected chi connectivity index (χ0v) is 19.6. The molecule has 0 aromatic heterocycles. The summed E-state index contributed by atoms with van der Waals surface area (Å²) in [6.07, 6.45) is 6.79. The Morgan fingerprint density at radius 3 is 2.27 bits per heavy atom. The van der Waals surface area contributed by atoms with Crippen LogP contribution in [0.5, 0.6) is 0 Å². The summed E-state index contributed by atoms with van der Waals surface area (Å²) >= 11 is 1.90. The summed E-state index contributed by atoms with van der Waals surface area (Å²) in [5.41, 5.74) is 2.52. The highest BCUT2D eigenvalue weighted by atomic mass is 32.2. The molecule has 0 heterocycles. The molecule has 4 heteroatoms. The maximum absolute atomic E-state index is 12.9. The molecule has 1 aliphatic rings. The summed E-state index contributed by atoms with van der Waals surface area (Å²) in [6.45, 7) is 3.58. The fraction of sp³-hybridized carbons (Fsp3) is 0.500. The predicted octanol–water partition coefficient (Wildman–Crippen LogP) is 5.94. The Labute approximate surface area is 186 Å². The van der Waals surface area contributed by atoms with E-state index in [-0.39, 0.29) is 11.4 Å². The first-order valence-electron chi connectivity index (χ1n) is 11.2. The molecule has 1 saturated carbocycles. The van der Waals surface area contributed by atoms with Crippen molar-refractivity contribution >= 4 is 17.7 Å². The zero-order valence-electron chi connectivity index (χ0n) is 18.8. The molecule has 0 bridgehead atoms. The van der Waals surface area contributed by atoms with Crippen LogP contribution in [0.3, 0.4) is 0 Å². The lowest BCUT2D eigenvalue weighted by molar-refractivity contribution is -0.137. The van der Waals surface area contributed by atoms with Crippen LogP contribution in [0.15, 0.2) is 59.5 Å². The van der Waals surface area contributed by atoms with Crippen LogP contribution in [0, 0.1) is 0 Å². The monoisotopic (exact) mass is 424 g/mol. The van der Waals surface area contributed by atoms with E-state index in [4.69, 9.17) is 0 Å². The van der Waals surface area contributed by atoms with Crippen LogP contribution in [0.1, 0.15) is 56.6 Å². The van der Waals surface area contributed by atoms with Crippen LogP contribution in [0.2, 0.25) is 0 Å². The molecule has 1 amide bonds. The van der Waals surface area contributed by atoms with E-state index in [1.807, 2.05) is 11.8 Å². The molecule has 3 nitrogen and oxygen atoms in total. The first-order chi connectivity index (χ1) is 14.5. The zero-order chi connectivity index (χ0) is 21.4. The van der Waals surface area contributed by atoms with Gasteiger partial charge in [0.25, 0.3) is 0 Å². The summed E-state index contributed by atoms with van der Waals surface area (Å²) in [6, 6.07) is 19.5. The summed E-state index contributed by atoms with van der Waals surface area (Å²) in [7, 11) is 4.20. The van der Waals surface area contributed by atoms with Crippen molar-refractivity contribution < 1.29 is 4.79 Å². The summed E-state index contributed by atoms with van der Waals surface area (Å²) in [5, 5.41) is 0. The van der Waals surface area contributed by atoms with Crippen molar-refractivity contribution in [1.82, 2.24) is 9.80 Å². The van der Waals surface area contributed by atoms with Crippen LogP contribution in [-0.4, -0.2) is 42.9 Å². The molecular formula is C26H36N2OS. The SMILES string of the molecule is CC(=O)N(CCCN(C)C)C1(c2ccccc2SCc2ccccc2)CCCCC1. The normalized spacial score (nSPS) is 15.9. The number of thioether (sulfide) groups is 1. The van der Waals surface area contributed by atoms with Gasteiger partial charge in [0, 0.05) is 24.1 Å². The lowest BCUT2D eigenvalue weighted by Crippen LogP contribution is -2.51. The van der Waals surface area contributed by atoms with Gasteiger partial charge in [-0.1, -0.05) is 67.8 Å². The Bertz CT molecular complexity index is 800. The molecule has 0 aliphatic heterocycles. The van der Waals surface area contributed by atoms with E-state index in [1.54, 1.807) is 6.92 Å². The van der Waals surface area contributed by atoms with Crippen LogP contribution in [0.4, 0.5) is 0 Å². The molecule has 0 N–H and O–H groups in total. The minimum absolute atomic E-state index is 0.170. The van der Waals surface area contributed by atoms with E-state index < -0.39 is 0 Å². The van der Waals surface area contributed by atoms with Crippen molar-refractivity contribution in [3.8, 4) is 0 Å². The van der Waals surface area contributed by atoms with Gasteiger partial charge in [0.1, 0.15) is 0 Å². The number of hydrogen-bond acceptors (Lipinski definition) is 3. The maximum Gasteiger partial charge on any atom is 0.220 e. The second-order valence-corrected chi connectivity index (χ2v) is 9.71. The first kappa shape index (κ1) is 22.9. The van der Waals surface area contributed by atoms with E-state index >= 15 is 0 Å². The molecular weight excluding hydrogens is 388 g/mol. The molecule has 1 aliphatic carbocycles. The lowest BCUT2D eigenvalue weighted by atomic mass is 9.75. The molecule has 0 radical (unpaired) electrons. The topological polar surface area (TPSA) is 23.6 Å². The minimum Gasteiger partial charge on any atom is -0.333 e. The van der Waals surface area contributed by atoms with Crippen molar-refractivity contribution in [2.24, 2.45) is 0 Å². The third-order valence-corrected chi connectivity index (χ3v) is 7.33. The number of carbonyl (C=O) groups excluding carboxylic acids is 1. The van der Waals surface area contributed by atoms with Gasteiger partial charge in [0.05, 0.1) is 5.54 Å². The van der Waals surface area contributed by atoms with Crippen molar-refractivity contribution in [2.45, 2.75) is 61.6 Å². The second kappa shape index (κ2) is 11.0. The van der Waals surface area contributed by atoms with Gasteiger partial charge < -0.3 is 9.80 Å². The van der Waals surface area contributed by atoms with E-state index in [2.05, 4.69) is 78.5 Å². The highest BCUT2D eigenvalue weighted by molar-refractivity contribution is 7.98. The predicted molar refractivity (Wildman–Crippen MR) is 128 cm³/mol. The number of rotatable bonds is 9. The average molecular weight is 425 g/mol. The molecule has 0 atom stereocenters. The summed E-state index contributed by atoms with van der Waals surface area (Å²) in [4.78, 5) is 18.6. The molecule has 0 unspecified atom stereocenters. The van der Waals surface area contributed by atoms with Crippen molar-refractivity contribution in [3.05, 3.63) is 65.7 Å². The molecule has 2 aromatic rings. The first-order valence-corrected chi connectivity index (χ1v) is 12.2. The van der Waals surface area contributed by atoms with Gasteiger partial charge >= 0.3 is 0 Å². The Kier molecular flexibility index (Phi) is 8.41. The van der Waals surface area contributed by atoms with Crippen molar-refractivity contribution in [1.29, 1.82) is 0 Å². The number of benzene rings is 2. The molecule has 1 fully saturated rings. The largest absolute Gasteiger partial charge is 0.333 e. The fourth-order valence-electron chi connectivity index (χ4n) is 4.75. The van der Waals surface area contributed by atoms with Gasteiger partial charge in [0.2, 0.25) is 5.91 Å². The number of amides is 1. The van der Waals surface area contributed by atoms with Gasteiger partial charge in [0.15, 0.2) is 0 Å². The third kappa shape index (κ3) is 5.67. The molecule has 2 aromatic carbocycles. The summed E-state index contributed by atoms with van der Waals surface area (Å²) < 4.78 is 0. The maximum atomic E-state index is 12.9. The standard InChI is InChI=1S/C26H36N2OS/c1-22(29)28(20-12-19-27(2)3)26(17-10-5-11-18-26)24-15-8-9-16-25(24)30-21-23-13-6-4-7-14-23/h4,6-9,13-16H,5,10-12,17-21H2,1-3H3. The van der Waals surface area contributed by atoms with Gasteiger partial charge in [-0.05, 0) is 57.1 Å². The molecule has 30 heavy (non-hydrogen) atoms.